The Balaban J connectivity index is 1.38. The molecule has 0 unspecified atom stereocenters. The first-order valence-corrected chi connectivity index (χ1v) is 11.4. The summed E-state index contributed by atoms with van der Waals surface area (Å²) in [6, 6.07) is 15.1. The fourth-order valence-corrected chi connectivity index (χ4v) is 4.95. The number of ether oxygens (including phenoxy) is 1. The first kappa shape index (κ1) is 21.1. The number of methoxy groups -OCH3 is 1. The molecule has 8 nitrogen and oxygen atoms in total. The van der Waals surface area contributed by atoms with Gasteiger partial charge in [-0.1, -0.05) is 17.3 Å². The Hall–Kier alpha value is -3.17. The van der Waals surface area contributed by atoms with E-state index >= 15 is 0 Å². The molecule has 2 heterocycles. The van der Waals surface area contributed by atoms with Crippen molar-refractivity contribution < 1.29 is 22.5 Å². The molecule has 0 bridgehead atoms. The lowest BCUT2D eigenvalue weighted by Gasteiger charge is -2.15. The maximum Gasteiger partial charge on any atom is 0.251 e. The van der Waals surface area contributed by atoms with Crippen LogP contribution >= 0.6 is 0 Å². The highest BCUT2D eigenvalue weighted by molar-refractivity contribution is 7.89. The molecule has 1 saturated heterocycles. The van der Waals surface area contributed by atoms with Crippen molar-refractivity contribution in [2.75, 3.05) is 20.2 Å². The SMILES string of the molecule is COc1cccc(-c2cc(CNC(=O)c3ccc(S(=O)(=O)N4CCCC4)cc3)no2)c1. The summed E-state index contributed by atoms with van der Waals surface area (Å²) in [6.07, 6.45) is 1.75. The van der Waals surface area contributed by atoms with Crippen LogP contribution in [0.25, 0.3) is 11.3 Å². The Bertz CT molecular complexity index is 1170. The van der Waals surface area contributed by atoms with Crippen molar-refractivity contribution in [3.63, 3.8) is 0 Å². The second-order valence-corrected chi connectivity index (χ2v) is 9.17. The van der Waals surface area contributed by atoms with Crippen LogP contribution in [0.5, 0.6) is 5.75 Å². The largest absolute Gasteiger partial charge is 0.497 e. The van der Waals surface area contributed by atoms with E-state index in [1.807, 2.05) is 24.3 Å². The molecular formula is C22H23N3O5S. The molecule has 0 atom stereocenters. The predicted molar refractivity (Wildman–Crippen MR) is 114 cm³/mol. The van der Waals surface area contributed by atoms with Crippen molar-refractivity contribution in [2.24, 2.45) is 0 Å². The lowest BCUT2D eigenvalue weighted by molar-refractivity contribution is 0.0950. The van der Waals surface area contributed by atoms with E-state index in [1.165, 1.54) is 28.6 Å². The van der Waals surface area contributed by atoms with Gasteiger partial charge in [0.1, 0.15) is 11.4 Å². The maximum atomic E-state index is 12.6. The highest BCUT2D eigenvalue weighted by atomic mass is 32.2. The standard InChI is InChI=1S/C22H23N3O5S/c1-29-19-6-4-5-17(13-19)21-14-18(24-30-21)15-23-22(26)16-7-9-20(10-8-16)31(27,28)25-11-2-3-12-25/h4-10,13-14H,2-3,11-12,15H2,1H3,(H,23,26). The molecule has 1 aliphatic heterocycles. The molecule has 162 valence electrons. The Labute approximate surface area is 180 Å². The molecule has 0 radical (unpaired) electrons. The van der Waals surface area contributed by atoms with Gasteiger partial charge in [-0.3, -0.25) is 4.79 Å². The van der Waals surface area contributed by atoms with Crippen LogP contribution in [0.15, 0.2) is 64.0 Å². The molecule has 0 saturated carbocycles. The summed E-state index contributed by atoms with van der Waals surface area (Å²) in [4.78, 5) is 12.6. The number of aromatic nitrogens is 1. The molecule has 0 aliphatic carbocycles. The summed E-state index contributed by atoms with van der Waals surface area (Å²) >= 11 is 0. The molecule has 9 heteroatoms. The van der Waals surface area contributed by atoms with Crippen LogP contribution in [-0.4, -0.2) is 44.0 Å². The van der Waals surface area contributed by atoms with Gasteiger partial charge in [-0.25, -0.2) is 8.42 Å². The molecule has 3 aromatic rings. The van der Waals surface area contributed by atoms with Gasteiger partial charge in [-0.15, -0.1) is 0 Å². The number of nitrogens with one attached hydrogen (secondary N) is 1. The predicted octanol–water partition coefficient (Wildman–Crippen LogP) is 3.06. The molecule has 1 aliphatic rings. The van der Waals surface area contributed by atoms with Crippen molar-refractivity contribution in [3.8, 4) is 17.1 Å². The third-order valence-corrected chi connectivity index (χ3v) is 7.08. The number of rotatable bonds is 7. The second-order valence-electron chi connectivity index (χ2n) is 7.23. The average molecular weight is 442 g/mol. The van der Waals surface area contributed by atoms with E-state index in [1.54, 1.807) is 13.2 Å². The van der Waals surface area contributed by atoms with E-state index in [-0.39, 0.29) is 17.3 Å². The van der Waals surface area contributed by atoms with Crippen LogP contribution in [0.3, 0.4) is 0 Å². The summed E-state index contributed by atoms with van der Waals surface area (Å²) in [5, 5.41) is 6.76. The average Bonchev–Trinajstić information content (AvgIpc) is 3.50. The minimum Gasteiger partial charge on any atom is -0.497 e. The van der Waals surface area contributed by atoms with Gasteiger partial charge in [-0.2, -0.15) is 4.31 Å². The second kappa shape index (κ2) is 8.91. The van der Waals surface area contributed by atoms with E-state index in [0.717, 1.165) is 18.4 Å². The van der Waals surface area contributed by atoms with Crippen LogP contribution in [0.1, 0.15) is 28.9 Å². The van der Waals surface area contributed by atoms with Crippen LogP contribution in [0, 0.1) is 0 Å². The molecule has 2 aromatic carbocycles. The van der Waals surface area contributed by atoms with Gasteiger partial charge in [0.05, 0.1) is 18.6 Å². The van der Waals surface area contributed by atoms with Gasteiger partial charge in [0.25, 0.3) is 5.91 Å². The zero-order valence-corrected chi connectivity index (χ0v) is 17.9. The van der Waals surface area contributed by atoms with E-state index in [9.17, 15) is 13.2 Å². The summed E-state index contributed by atoms with van der Waals surface area (Å²) in [5.41, 5.74) is 1.76. The van der Waals surface area contributed by atoms with Gasteiger partial charge in [0, 0.05) is 30.3 Å². The Morgan fingerprint density at radius 3 is 2.58 bits per heavy atom. The van der Waals surface area contributed by atoms with Crippen molar-refractivity contribution in [3.05, 3.63) is 65.9 Å². The minimum atomic E-state index is -3.49. The molecule has 0 spiro atoms. The van der Waals surface area contributed by atoms with Crippen molar-refractivity contribution in [1.29, 1.82) is 0 Å². The minimum absolute atomic E-state index is 0.181. The molecule has 1 aromatic heterocycles. The normalized spacial score (nSPS) is 14.5. The summed E-state index contributed by atoms with van der Waals surface area (Å²) < 4.78 is 37.2. The number of benzene rings is 2. The van der Waals surface area contributed by atoms with Crippen molar-refractivity contribution in [2.45, 2.75) is 24.3 Å². The molecule has 4 rings (SSSR count). The Morgan fingerprint density at radius 1 is 1.13 bits per heavy atom. The first-order valence-electron chi connectivity index (χ1n) is 9.96. The first-order chi connectivity index (χ1) is 15.0. The number of carbonyl (C=O) groups excluding carboxylic acids is 1. The van der Waals surface area contributed by atoms with Crippen LogP contribution in [0.2, 0.25) is 0 Å². The number of amides is 1. The van der Waals surface area contributed by atoms with Crippen LogP contribution < -0.4 is 10.1 Å². The van der Waals surface area contributed by atoms with E-state index in [0.29, 0.717) is 35.9 Å². The van der Waals surface area contributed by atoms with Crippen molar-refractivity contribution >= 4 is 15.9 Å². The molecule has 1 N–H and O–H groups in total. The van der Waals surface area contributed by atoms with E-state index in [4.69, 9.17) is 9.26 Å². The summed E-state index contributed by atoms with van der Waals surface area (Å²) in [6.45, 7) is 1.26. The van der Waals surface area contributed by atoms with Gasteiger partial charge >= 0.3 is 0 Å². The van der Waals surface area contributed by atoms with Gasteiger partial charge in [0.2, 0.25) is 10.0 Å². The highest BCUT2D eigenvalue weighted by Gasteiger charge is 2.27. The fraction of sp³-hybridized carbons (Fsp3) is 0.273. The smallest absolute Gasteiger partial charge is 0.251 e. The lowest BCUT2D eigenvalue weighted by atomic mass is 10.1. The Kier molecular flexibility index (Phi) is 6.06. The van der Waals surface area contributed by atoms with Crippen LogP contribution in [-0.2, 0) is 16.6 Å². The van der Waals surface area contributed by atoms with Gasteiger partial charge in [0.15, 0.2) is 5.76 Å². The Morgan fingerprint density at radius 2 is 1.87 bits per heavy atom. The fourth-order valence-electron chi connectivity index (χ4n) is 3.44. The molecular weight excluding hydrogens is 418 g/mol. The van der Waals surface area contributed by atoms with E-state index < -0.39 is 10.0 Å². The monoisotopic (exact) mass is 441 g/mol. The maximum absolute atomic E-state index is 12.6. The quantitative estimate of drug-likeness (QED) is 0.605. The molecule has 1 amide bonds. The highest BCUT2D eigenvalue weighted by Crippen LogP contribution is 2.24. The lowest BCUT2D eigenvalue weighted by Crippen LogP contribution is -2.28. The number of hydrogen-bond donors (Lipinski definition) is 1. The van der Waals surface area contributed by atoms with Gasteiger partial charge in [-0.05, 0) is 49.2 Å². The topological polar surface area (TPSA) is 102 Å². The number of carbonyl (C=O) groups is 1. The zero-order chi connectivity index (χ0) is 21.8. The third-order valence-electron chi connectivity index (χ3n) is 5.16. The molecule has 1 fully saturated rings. The summed E-state index contributed by atoms with van der Waals surface area (Å²) in [7, 11) is -1.90. The number of sulfonamides is 1. The summed E-state index contributed by atoms with van der Waals surface area (Å²) in [5.74, 6) is 0.953. The zero-order valence-electron chi connectivity index (χ0n) is 17.1. The van der Waals surface area contributed by atoms with Crippen molar-refractivity contribution in [1.82, 2.24) is 14.8 Å². The number of nitrogens with zero attached hydrogens (tertiary/aromatic N) is 2. The van der Waals surface area contributed by atoms with Crippen LogP contribution in [0.4, 0.5) is 0 Å². The third kappa shape index (κ3) is 4.62. The molecule has 31 heavy (non-hydrogen) atoms. The van der Waals surface area contributed by atoms with E-state index in [2.05, 4.69) is 10.5 Å². The number of hydrogen-bond acceptors (Lipinski definition) is 6. The van der Waals surface area contributed by atoms with Gasteiger partial charge < -0.3 is 14.6 Å².